The molecule has 4 nitrogen and oxygen atoms in total. The fourth-order valence-corrected chi connectivity index (χ4v) is 13.1. The number of hydrogen-bond acceptors (Lipinski definition) is 2. The molecule has 2 heterocycles. The molecule has 0 saturated carbocycles. The maximum Gasteiger partial charge on any atom is 0.417 e. The van der Waals surface area contributed by atoms with Gasteiger partial charge < -0.3 is 9.13 Å². The summed E-state index contributed by atoms with van der Waals surface area (Å²) in [6.45, 7) is 0. The van der Waals surface area contributed by atoms with Crippen LogP contribution in [0.25, 0.3) is 122 Å². The summed E-state index contributed by atoms with van der Waals surface area (Å²) in [5.41, 5.74) is -25.1. The maximum absolute atomic E-state index is 15.4. The molecule has 108 heavy (non-hydrogen) atoms. The van der Waals surface area contributed by atoms with Gasteiger partial charge in [0.2, 0.25) is 0 Å². The molecule has 0 amide bonds. The number of aromatic nitrogens is 2. The average Bonchev–Trinajstić information content (AvgIpc) is 1.49. The standard InChI is InChI=1S/C77H33F27N4/c78-69(79,80)47-17-43(18-48(30-47)70(81,82)83)37-5-11-62-56(25-37)57-26-38(44-19-49(71(84,85)86)31-50(20-44)72(87,88)89)6-12-63(57)107(62)66-15-9-41(55-10-4-36(34-105)16-61(55)77(102,103)104)29-60(66)68-42(35-106)2-1-3-67(68)108-64-13-7-39(45-21-51(73(90,91)92)32-52(22-45)74(93,94)95)27-58(64)59-28-40(8-14-65(59)108)46-23-53(75(96,97)98)33-54(24-46)76(99,100)101/h1-33H. The monoisotopic (exact) mass is 1530 g/mol. The largest absolute Gasteiger partial charge is 0.417 e. The third-order valence-electron chi connectivity index (χ3n) is 17.9. The molecule has 0 unspecified atom stereocenters. The van der Waals surface area contributed by atoms with Gasteiger partial charge in [0.1, 0.15) is 0 Å². The van der Waals surface area contributed by atoms with Crippen LogP contribution < -0.4 is 0 Å². The molecule has 0 aliphatic rings. The van der Waals surface area contributed by atoms with E-state index >= 15 is 13.2 Å². The summed E-state index contributed by atoms with van der Waals surface area (Å²) in [5.74, 6) is 0. The van der Waals surface area contributed by atoms with Crippen LogP contribution in [-0.4, -0.2) is 9.13 Å². The van der Waals surface area contributed by atoms with Crippen LogP contribution in [0.15, 0.2) is 200 Å². The van der Waals surface area contributed by atoms with Crippen molar-refractivity contribution in [3.05, 3.63) is 261 Å². The molecular weight excluding hydrogens is 1490 g/mol. The lowest BCUT2D eigenvalue weighted by atomic mass is 9.90. The molecular formula is C77H33F27N4. The van der Waals surface area contributed by atoms with Crippen molar-refractivity contribution in [1.82, 2.24) is 9.13 Å². The minimum Gasteiger partial charge on any atom is -0.309 e. The summed E-state index contributed by atoms with van der Waals surface area (Å²) in [7, 11) is 0. The maximum atomic E-state index is 15.4. The minimum absolute atomic E-state index is 0.190. The van der Waals surface area contributed by atoms with E-state index in [-0.39, 0.29) is 90.4 Å². The van der Waals surface area contributed by atoms with Crippen LogP contribution >= 0.6 is 0 Å². The van der Waals surface area contributed by atoms with Gasteiger partial charge in [-0.1, -0.05) is 42.5 Å². The number of rotatable bonds is 8. The molecule has 11 aromatic carbocycles. The summed E-state index contributed by atoms with van der Waals surface area (Å²) >= 11 is 0. The second-order valence-electron chi connectivity index (χ2n) is 24.7. The molecule has 0 bridgehead atoms. The van der Waals surface area contributed by atoms with Gasteiger partial charge in [0, 0.05) is 32.7 Å². The highest BCUT2D eigenvalue weighted by Gasteiger charge is 2.43. The van der Waals surface area contributed by atoms with Gasteiger partial charge in [0.25, 0.3) is 0 Å². The molecule has 0 atom stereocenters. The van der Waals surface area contributed by atoms with Crippen LogP contribution in [0.3, 0.4) is 0 Å². The van der Waals surface area contributed by atoms with Crippen LogP contribution in [0.2, 0.25) is 0 Å². The predicted octanol–water partition coefficient (Wildman–Crippen LogP) is 26.8. The molecule has 0 saturated heterocycles. The topological polar surface area (TPSA) is 57.4 Å². The van der Waals surface area contributed by atoms with Gasteiger partial charge >= 0.3 is 55.6 Å². The van der Waals surface area contributed by atoms with Crippen LogP contribution in [0.5, 0.6) is 0 Å². The van der Waals surface area contributed by atoms with Crippen molar-refractivity contribution in [2.45, 2.75) is 55.6 Å². The number of halogens is 27. The molecule has 550 valence electrons. The van der Waals surface area contributed by atoms with E-state index in [4.69, 9.17) is 0 Å². The SMILES string of the molecule is N#Cc1ccc(-c2ccc(-n3c4ccc(-c5cc(C(F)(F)F)cc(C(F)(F)F)c5)cc4c4cc(-c5cc(C(F)(F)F)cc(C(F)(F)F)c5)ccc43)c(-c3c(C#N)cccc3-n3c4ccc(-c5cc(C(F)(F)F)cc(C(F)(F)F)c5)cc4c4cc(-c5cc(C(F)(F)F)cc(C(F)(F)F)c5)ccc43)c2)c(C(F)(F)F)c1. The first-order valence-corrected chi connectivity index (χ1v) is 30.7. The van der Waals surface area contributed by atoms with Crippen molar-refractivity contribution in [1.29, 1.82) is 10.5 Å². The second-order valence-corrected chi connectivity index (χ2v) is 24.7. The molecule has 0 spiro atoms. The quantitative estimate of drug-likeness (QED) is 0.142. The number of fused-ring (bicyclic) bond motifs is 6. The molecule has 2 aromatic heterocycles. The average molecular weight is 1530 g/mol. The Bertz CT molecular complexity index is 5550. The van der Waals surface area contributed by atoms with Crippen molar-refractivity contribution in [2.75, 3.05) is 0 Å². The van der Waals surface area contributed by atoms with E-state index in [0.29, 0.717) is 54.6 Å². The summed E-state index contributed by atoms with van der Waals surface area (Å²) in [4.78, 5) is 0. The molecule has 13 aromatic rings. The van der Waals surface area contributed by atoms with E-state index in [9.17, 15) is 116 Å². The first kappa shape index (κ1) is 74.4. The smallest absolute Gasteiger partial charge is 0.309 e. The zero-order chi connectivity index (χ0) is 78.5. The minimum atomic E-state index is -5.44. The molecule has 0 fully saturated rings. The summed E-state index contributed by atoms with van der Waals surface area (Å²) in [6.07, 6.45) is -48.8. The van der Waals surface area contributed by atoms with Crippen LogP contribution in [-0.2, 0) is 55.6 Å². The zero-order valence-corrected chi connectivity index (χ0v) is 53.0. The summed E-state index contributed by atoms with van der Waals surface area (Å²) in [5, 5.41) is 20.1. The van der Waals surface area contributed by atoms with Crippen LogP contribution in [0.4, 0.5) is 119 Å². The fraction of sp³-hybridized carbons (Fsp3) is 0.117. The van der Waals surface area contributed by atoms with Crippen molar-refractivity contribution < 1.29 is 119 Å². The van der Waals surface area contributed by atoms with E-state index in [1.54, 1.807) is 6.07 Å². The van der Waals surface area contributed by atoms with Crippen molar-refractivity contribution in [3.63, 3.8) is 0 Å². The molecule has 0 aliphatic heterocycles. The Morgan fingerprint density at radius 3 is 0.806 bits per heavy atom. The Labute approximate surface area is 587 Å². The first-order chi connectivity index (χ1) is 50.1. The van der Waals surface area contributed by atoms with Gasteiger partial charge in [-0.15, -0.1) is 0 Å². The number of hydrogen-bond donors (Lipinski definition) is 0. The molecule has 13 rings (SSSR count). The van der Waals surface area contributed by atoms with Gasteiger partial charge in [0.15, 0.2) is 0 Å². The number of nitrogens with zero attached hydrogens (tertiary/aromatic N) is 4. The van der Waals surface area contributed by atoms with Crippen LogP contribution in [0.1, 0.15) is 61.2 Å². The van der Waals surface area contributed by atoms with E-state index in [1.165, 1.54) is 21.3 Å². The van der Waals surface area contributed by atoms with Crippen LogP contribution in [0, 0.1) is 22.7 Å². The van der Waals surface area contributed by atoms with Gasteiger partial charge in [-0.05, 0) is 213 Å². The first-order valence-electron chi connectivity index (χ1n) is 30.7. The lowest BCUT2D eigenvalue weighted by molar-refractivity contribution is -0.144. The normalized spacial score (nSPS) is 13.1. The summed E-state index contributed by atoms with van der Waals surface area (Å²) in [6, 6.07) is 27.0. The molecule has 31 heteroatoms. The number of benzene rings is 11. The van der Waals surface area contributed by atoms with Crippen molar-refractivity contribution >= 4 is 43.6 Å². The molecule has 0 aliphatic carbocycles. The third kappa shape index (κ3) is 13.9. The molecule has 0 radical (unpaired) electrons. The van der Waals surface area contributed by atoms with E-state index in [1.807, 2.05) is 6.07 Å². The Kier molecular flexibility index (Phi) is 17.5. The van der Waals surface area contributed by atoms with Crippen molar-refractivity contribution in [2.24, 2.45) is 0 Å². The fourth-order valence-electron chi connectivity index (χ4n) is 13.1. The zero-order valence-electron chi connectivity index (χ0n) is 53.0. The van der Waals surface area contributed by atoms with Crippen molar-refractivity contribution in [3.8, 4) is 90.3 Å². The molecule has 0 N–H and O–H groups in total. The Morgan fingerprint density at radius 1 is 0.231 bits per heavy atom. The lowest BCUT2D eigenvalue weighted by Gasteiger charge is -2.22. The highest BCUT2D eigenvalue weighted by Crippen LogP contribution is 2.51. The lowest BCUT2D eigenvalue weighted by Crippen LogP contribution is -2.11. The highest BCUT2D eigenvalue weighted by atomic mass is 19.4. The predicted molar refractivity (Wildman–Crippen MR) is 342 cm³/mol. The van der Waals surface area contributed by atoms with Gasteiger partial charge in [0.05, 0.1) is 107 Å². The number of nitriles is 2. The van der Waals surface area contributed by atoms with Gasteiger partial charge in [-0.2, -0.15) is 129 Å². The third-order valence-corrected chi connectivity index (χ3v) is 17.9. The Morgan fingerprint density at radius 2 is 0.528 bits per heavy atom. The Balaban J connectivity index is 1.16. The van der Waals surface area contributed by atoms with Gasteiger partial charge in [-0.25, -0.2) is 0 Å². The van der Waals surface area contributed by atoms with Gasteiger partial charge in [-0.3, -0.25) is 0 Å². The Hall–Kier alpha value is -11.9. The number of alkyl halides is 27. The van der Waals surface area contributed by atoms with E-state index < -0.39 is 172 Å². The summed E-state index contributed by atoms with van der Waals surface area (Å²) < 4.78 is 396. The highest BCUT2D eigenvalue weighted by molar-refractivity contribution is 6.14. The van der Waals surface area contributed by atoms with E-state index in [0.717, 1.165) is 109 Å². The van der Waals surface area contributed by atoms with E-state index in [2.05, 4.69) is 0 Å². The second kappa shape index (κ2) is 25.4.